The highest BCUT2D eigenvalue weighted by atomic mass is 79.9. The van der Waals surface area contributed by atoms with Gasteiger partial charge in [0, 0.05) is 26.7 Å². The van der Waals surface area contributed by atoms with Crippen molar-refractivity contribution < 1.29 is 9.59 Å². The smallest absolute Gasteiger partial charge is 0.194 e. The summed E-state index contributed by atoms with van der Waals surface area (Å²) in [5.41, 5.74) is 3.87. The molecule has 110 valence electrons. The fraction of sp³-hybridized carbons (Fsp3) is 0. The molecule has 23 heavy (non-hydrogen) atoms. The molecule has 0 aliphatic heterocycles. The zero-order valence-corrected chi connectivity index (χ0v) is 13.6. The summed E-state index contributed by atoms with van der Waals surface area (Å²) in [7, 11) is 0. The lowest BCUT2D eigenvalue weighted by molar-refractivity contribution is 0.0979. The largest absolute Gasteiger partial charge is 0.289 e. The molecule has 0 amide bonds. The van der Waals surface area contributed by atoms with E-state index in [1.165, 1.54) is 0 Å². The van der Waals surface area contributed by atoms with Crippen LogP contribution >= 0.6 is 15.9 Å². The summed E-state index contributed by atoms with van der Waals surface area (Å²) in [5.74, 6) is -0.174. The summed E-state index contributed by atoms with van der Waals surface area (Å²) in [4.78, 5) is 25.3. The predicted molar refractivity (Wildman–Crippen MR) is 92.9 cm³/mol. The van der Waals surface area contributed by atoms with Crippen LogP contribution < -0.4 is 0 Å². The molecular weight excluding hydrogens is 352 g/mol. The fourth-order valence-corrected chi connectivity index (χ4v) is 3.19. The highest BCUT2D eigenvalue weighted by Crippen LogP contribution is 2.31. The van der Waals surface area contributed by atoms with Crippen LogP contribution in [-0.2, 0) is 0 Å². The number of carbonyl (C=O) groups excluding carboxylic acids is 2. The summed E-state index contributed by atoms with van der Waals surface area (Å²) in [5, 5.41) is 0. The monoisotopic (exact) mass is 362 g/mol. The maximum absolute atomic E-state index is 12.7. The quantitative estimate of drug-likeness (QED) is 0.483. The number of rotatable bonds is 1. The van der Waals surface area contributed by atoms with Crippen LogP contribution in [0.4, 0.5) is 0 Å². The van der Waals surface area contributed by atoms with Gasteiger partial charge in [-0.05, 0) is 35.4 Å². The van der Waals surface area contributed by atoms with Gasteiger partial charge in [0.2, 0.25) is 0 Å². The van der Waals surface area contributed by atoms with Crippen LogP contribution in [0.5, 0.6) is 0 Å². The minimum Gasteiger partial charge on any atom is -0.289 e. The molecule has 0 radical (unpaired) electrons. The molecule has 2 nitrogen and oxygen atoms in total. The molecule has 3 heteroatoms. The second-order valence-electron chi connectivity index (χ2n) is 5.47. The first-order valence-corrected chi connectivity index (χ1v) is 8.03. The van der Waals surface area contributed by atoms with Crippen LogP contribution in [0.15, 0.2) is 71.2 Å². The number of fused-ring (bicyclic) bond motifs is 2. The summed E-state index contributed by atoms with van der Waals surface area (Å²) < 4.78 is 0.999. The van der Waals surface area contributed by atoms with Gasteiger partial charge in [-0.3, -0.25) is 9.59 Å². The van der Waals surface area contributed by atoms with Gasteiger partial charge in [-0.15, -0.1) is 0 Å². The van der Waals surface area contributed by atoms with Crippen LogP contribution in [0.3, 0.4) is 0 Å². The number of ketones is 2. The molecule has 4 rings (SSSR count). The van der Waals surface area contributed by atoms with E-state index in [4.69, 9.17) is 0 Å². The average Bonchev–Trinajstić information content (AvgIpc) is 2.60. The molecule has 0 heterocycles. The van der Waals surface area contributed by atoms with Gasteiger partial charge in [0.05, 0.1) is 0 Å². The van der Waals surface area contributed by atoms with E-state index in [1.54, 1.807) is 30.3 Å². The maximum Gasteiger partial charge on any atom is 0.194 e. The molecule has 0 unspecified atom stereocenters. The highest BCUT2D eigenvalue weighted by molar-refractivity contribution is 9.10. The van der Waals surface area contributed by atoms with Crippen molar-refractivity contribution in [2.75, 3.05) is 0 Å². The lowest BCUT2D eigenvalue weighted by Crippen LogP contribution is -2.20. The standard InChI is InChI=1S/C20H11BrO2/c21-14-8-5-12(6-9-14)13-7-10-17-18(11-13)20(23)16-4-2-1-3-15(16)19(17)22/h1-11H. The second kappa shape index (κ2) is 5.28. The highest BCUT2D eigenvalue weighted by Gasteiger charge is 2.29. The lowest BCUT2D eigenvalue weighted by Gasteiger charge is -2.18. The third kappa shape index (κ3) is 2.25. The van der Waals surface area contributed by atoms with E-state index in [2.05, 4.69) is 15.9 Å². The molecule has 0 saturated carbocycles. The fourth-order valence-electron chi connectivity index (χ4n) is 2.92. The normalized spacial score (nSPS) is 12.7. The van der Waals surface area contributed by atoms with Gasteiger partial charge in [-0.2, -0.15) is 0 Å². The predicted octanol–water partition coefficient (Wildman–Crippen LogP) is 4.89. The van der Waals surface area contributed by atoms with Crippen molar-refractivity contribution in [2.45, 2.75) is 0 Å². The molecule has 0 aromatic heterocycles. The third-order valence-electron chi connectivity index (χ3n) is 4.10. The molecule has 0 saturated heterocycles. The summed E-state index contributed by atoms with van der Waals surface area (Å²) in [6.07, 6.45) is 0. The van der Waals surface area contributed by atoms with Crippen molar-refractivity contribution in [3.63, 3.8) is 0 Å². The minimum absolute atomic E-state index is 0.0856. The van der Waals surface area contributed by atoms with Crippen molar-refractivity contribution in [2.24, 2.45) is 0 Å². The van der Waals surface area contributed by atoms with Gasteiger partial charge in [0.1, 0.15) is 0 Å². The topological polar surface area (TPSA) is 34.1 Å². The Morgan fingerprint density at radius 1 is 0.565 bits per heavy atom. The molecule has 0 N–H and O–H groups in total. The average molecular weight is 363 g/mol. The molecule has 0 spiro atoms. The van der Waals surface area contributed by atoms with Crippen LogP contribution in [0, 0.1) is 0 Å². The maximum atomic E-state index is 12.7. The van der Waals surface area contributed by atoms with Crippen molar-refractivity contribution in [3.05, 3.63) is 93.5 Å². The van der Waals surface area contributed by atoms with Gasteiger partial charge in [-0.25, -0.2) is 0 Å². The third-order valence-corrected chi connectivity index (χ3v) is 4.63. The number of hydrogen-bond acceptors (Lipinski definition) is 2. The van der Waals surface area contributed by atoms with E-state index >= 15 is 0 Å². The molecule has 3 aromatic carbocycles. The number of halogens is 1. The summed E-state index contributed by atoms with van der Waals surface area (Å²) in [6, 6.07) is 20.3. The first kappa shape index (κ1) is 14.1. The molecular formula is C20H11BrO2. The summed E-state index contributed by atoms with van der Waals surface area (Å²) in [6.45, 7) is 0. The number of hydrogen-bond donors (Lipinski definition) is 0. The van der Waals surface area contributed by atoms with Gasteiger partial charge in [-0.1, -0.05) is 58.4 Å². The number of carbonyl (C=O) groups is 2. The van der Waals surface area contributed by atoms with E-state index in [1.807, 2.05) is 36.4 Å². The lowest BCUT2D eigenvalue weighted by atomic mass is 9.83. The van der Waals surface area contributed by atoms with Crippen LogP contribution in [0.1, 0.15) is 31.8 Å². The zero-order valence-electron chi connectivity index (χ0n) is 12.0. The number of benzene rings is 3. The van der Waals surface area contributed by atoms with Gasteiger partial charge in [0.15, 0.2) is 11.6 Å². The van der Waals surface area contributed by atoms with Crippen molar-refractivity contribution in [1.29, 1.82) is 0 Å². The Morgan fingerprint density at radius 2 is 1.09 bits per heavy atom. The second-order valence-corrected chi connectivity index (χ2v) is 6.39. The van der Waals surface area contributed by atoms with Gasteiger partial charge >= 0.3 is 0 Å². The Labute approximate surface area is 141 Å². The Balaban J connectivity index is 1.88. The molecule has 0 fully saturated rings. The molecule has 3 aromatic rings. The van der Waals surface area contributed by atoms with Gasteiger partial charge < -0.3 is 0 Å². The van der Waals surface area contributed by atoms with Crippen molar-refractivity contribution in [1.82, 2.24) is 0 Å². The van der Waals surface area contributed by atoms with E-state index in [0.717, 1.165) is 15.6 Å². The zero-order chi connectivity index (χ0) is 16.0. The van der Waals surface area contributed by atoms with Crippen LogP contribution in [0.2, 0.25) is 0 Å². The van der Waals surface area contributed by atoms with Crippen molar-refractivity contribution >= 4 is 27.5 Å². The molecule has 0 bridgehead atoms. The van der Waals surface area contributed by atoms with E-state index in [9.17, 15) is 9.59 Å². The summed E-state index contributed by atoms with van der Waals surface area (Å²) >= 11 is 3.41. The molecule has 1 aliphatic rings. The Morgan fingerprint density at radius 3 is 1.74 bits per heavy atom. The van der Waals surface area contributed by atoms with Crippen LogP contribution in [0.25, 0.3) is 11.1 Å². The first-order valence-electron chi connectivity index (χ1n) is 7.23. The van der Waals surface area contributed by atoms with E-state index in [0.29, 0.717) is 22.3 Å². The Kier molecular flexibility index (Phi) is 3.24. The molecule has 0 atom stereocenters. The van der Waals surface area contributed by atoms with Crippen molar-refractivity contribution in [3.8, 4) is 11.1 Å². The van der Waals surface area contributed by atoms with E-state index in [-0.39, 0.29) is 11.6 Å². The Hall–Kier alpha value is -2.52. The Bertz CT molecular complexity index is 956. The van der Waals surface area contributed by atoms with E-state index < -0.39 is 0 Å². The molecule has 1 aliphatic carbocycles. The van der Waals surface area contributed by atoms with Crippen LogP contribution in [-0.4, -0.2) is 11.6 Å². The first-order chi connectivity index (χ1) is 11.1. The minimum atomic E-state index is -0.0887. The SMILES string of the molecule is O=C1c2ccccc2C(=O)c2cc(-c3ccc(Br)cc3)ccc21. The van der Waals surface area contributed by atoms with Gasteiger partial charge in [0.25, 0.3) is 0 Å².